The minimum Gasteiger partial charge on any atom is -0.445 e. The molecule has 2 aliphatic heterocycles. The van der Waals surface area contributed by atoms with Crippen LogP contribution in [0.5, 0.6) is 0 Å². The molecule has 0 aliphatic carbocycles. The van der Waals surface area contributed by atoms with E-state index in [4.69, 9.17) is 4.74 Å². The summed E-state index contributed by atoms with van der Waals surface area (Å²) >= 11 is 0. The molecule has 2 aromatic carbocycles. The molecule has 2 unspecified atom stereocenters. The van der Waals surface area contributed by atoms with E-state index in [2.05, 4.69) is 0 Å². The van der Waals surface area contributed by atoms with E-state index in [0.717, 1.165) is 12.0 Å². The average Bonchev–Trinajstić information content (AvgIpc) is 2.90. The van der Waals surface area contributed by atoms with E-state index in [1.165, 1.54) is 0 Å². The van der Waals surface area contributed by atoms with Crippen LogP contribution in [-0.2, 0) is 11.3 Å². The third-order valence-corrected chi connectivity index (χ3v) is 5.14. The van der Waals surface area contributed by atoms with Gasteiger partial charge in [-0.3, -0.25) is 4.90 Å². The molecular formula is C21H18F3NO2. The van der Waals surface area contributed by atoms with Gasteiger partial charge in [0.2, 0.25) is 0 Å². The summed E-state index contributed by atoms with van der Waals surface area (Å²) in [5, 5.41) is 0. The SMILES string of the molecule is O=C(OCc1ccccc1)N1C2C=C(c3c(F)cc(F)cc3F)CC1CC2. The summed E-state index contributed by atoms with van der Waals surface area (Å²) in [6.07, 6.45) is 3.03. The van der Waals surface area contributed by atoms with Crippen LogP contribution in [-0.4, -0.2) is 23.1 Å². The third-order valence-electron chi connectivity index (χ3n) is 5.14. The highest BCUT2D eigenvalue weighted by molar-refractivity contribution is 5.75. The number of amides is 1. The number of ether oxygens (including phenoxy) is 1. The van der Waals surface area contributed by atoms with Gasteiger partial charge in [-0.1, -0.05) is 36.4 Å². The van der Waals surface area contributed by atoms with Gasteiger partial charge in [0, 0.05) is 23.7 Å². The lowest BCUT2D eigenvalue weighted by molar-refractivity contribution is 0.0832. The Kier molecular flexibility index (Phi) is 4.64. The number of rotatable bonds is 3. The van der Waals surface area contributed by atoms with Gasteiger partial charge in [-0.2, -0.15) is 0 Å². The molecule has 1 fully saturated rings. The quantitative estimate of drug-likeness (QED) is 0.753. The molecule has 6 heteroatoms. The Morgan fingerprint density at radius 3 is 2.44 bits per heavy atom. The minimum atomic E-state index is -0.945. The van der Waals surface area contributed by atoms with Crippen molar-refractivity contribution in [3.05, 3.63) is 77.1 Å². The molecule has 4 rings (SSSR count). The molecular weight excluding hydrogens is 355 g/mol. The second-order valence-corrected chi connectivity index (χ2v) is 6.89. The van der Waals surface area contributed by atoms with Crippen LogP contribution < -0.4 is 0 Å². The van der Waals surface area contributed by atoms with Gasteiger partial charge in [0.1, 0.15) is 24.1 Å². The van der Waals surface area contributed by atoms with Gasteiger partial charge in [0.05, 0.1) is 6.04 Å². The molecule has 2 atom stereocenters. The number of hydrogen-bond donors (Lipinski definition) is 0. The van der Waals surface area contributed by atoms with Crippen LogP contribution >= 0.6 is 0 Å². The Bertz CT molecular complexity index is 875. The number of benzene rings is 2. The Hall–Kier alpha value is -2.76. The highest BCUT2D eigenvalue weighted by Crippen LogP contribution is 2.40. The van der Waals surface area contributed by atoms with E-state index in [1.807, 2.05) is 30.3 Å². The molecule has 0 N–H and O–H groups in total. The van der Waals surface area contributed by atoms with Crippen molar-refractivity contribution in [3.8, 4) is 0 Å². The molecule has 0 saturated carbocycles. The lowest BCUT2D eigenvalue weighted by Crippen LogP contribution is -2.43. The minimum absolute atomic E-state index is 0.174. The maximum Gasteiger partial charge on any atom is 0.410 e. The Balaban J connectivity index is 1.52. The van der Waals surface area contributed by atoms with E-state index in [1.54, 1.807) is 11.0 Å². The first-order valence-corrected chi connectivity index (χ1v) is 8.87. The van der Waals surface area contributed by atoms with Crippen molar-refractivity contribution in [1.82, 2.24) is 4.90 Å². The van der Waals surface area contributed by atoms with Crippen molar-refractivity contribution in [1.29, 1.82) is 0 Å². The highest BCUT2D eigenvalue weighted by Gasteiger charge is 2.41. The summed E-state index contributed by atoms with van der Waals surface area (Å²) in [6.45, 7) is 0.174. The molecule has 27 heavy (non-hydrogen) atoms. The molecule has 2 heterocycles. The molecule has 3 nitrogen and oxygen atoms in total. The zero-order valence-electron chi connectivity index (χ0n) is 14.5. The Morgan fingerprint density at radius 1 is 1.07 bits per heavy atom. The van der Waals surface area contributed by atoms with Crippen LogP contribution in [0.3, 0.4) is 0 Å². The zero-order valence-corrected chi connectivity index (χ0v) is 14.5. The zero-order chi connectivity index (χ0) is 19.0. The summed E-state index contributed by atoms with van der Waals surface area (Å²) in [7, 11) is 0. The maximum atomic E-state index is 14.1. The molecule has 0 aromatic heterocycles. The molecule has 2 bridgehead atoms. The van der Waals surface area contributed by atoms with Crippen LogP contribution in [0.15, 0.2) is 48.5 Å². The first-order valence-electron chi connectivity index (χ1n) is 8.87. The number of fused-ring (bicyclic) bond motifs is 2. The summed E-state index contributed by atoms with van der Waals surface area (Å²) in [5.74, 6) is -2.78. The first kappa shape index (κ1) is 17.6. The Morgan fingerprint density at radius 2 is 1.78 bits per heavy atom. The molecule has 0 radical (unpaired) electrons. The number of carbonyl (C=O) groups excluding carboxylic acids is 1. The average molecular weight is 373 g/mol. The number of carbonyl (C=O) groups is 1. The van der Waals surface area contributed by atoms with Crippen LogP contribution in [0.4, 0.5) is 18.0 Å². The van der Waals surface area contributed by atoms with Gasteiger partial charge < -0.3 is 4.74 Å². The van der Waals surface area contributed by atoms with E-state index in [-0.39, 0.29) is 24.3 Å². The van der Waals surface area contributed by atoms with Crippen LogP contribution in [0, 0.1) is 17.5 Å². The predicted molar refractivity (Wildman–Crippen MR) is 94.2 cm³/mol. The monoisotopic (exact) mass is 373 g/mol. The predicted octanol–water partition coefficient (Wildman–Crippen LogP) is 5.06. The van der Waals surface area contributed by atoms with E-state index >= 15 is 0 Å². The topological polar surface area (TPSA) is 29.5 Å². The fourth-order valence-electron chi connectivity index (χ4n) is 3.94. The fraction of sp³-hybridized carbons (Fsp3) is 0.286. The normalized spacial score (nSPS) is 21.1. The van der Waals surface area contributed by atoms with E-state index < -0.39 is 23.5 Å². The number of halogens is 3. The van der Waals surface area contributed by atoms with Gasteiger partial charge in [-0.05, 0) is 30.4 Å². The van der Waals surface area contributed by atoms with E-state index in [0.29, 0.717) is 30.5 Å². The van der Waals surface area contributed by atoms with E-state index in [9.17, 15) is 18.0 Å². The standard InChI is InChI=1S/C21H18F3NO2/c22-15-10-18(23)20(19(24)11-15)14-8-16-6-7-17(9-14)25(16)21(26)27-12-13-4-2-1-3-5-13/h1-5,8,10-11,16-17H,6-7,9,12H2. The summed E-state index contributed by atoms with van der Waals surface area (Å²) in [6, 6.07) is 10.3. The van der Waals surface area contributed by atoms with Gasteiger partial charge in [0.25, 0.3) is 0 Å². The molecule has 0 spiro atoms. The molecule has 2 aliphatic rings. The molecule has 2 aromatic rings. The van der Waals surface area contributed by atoms with Gasteiger partial charge in [-0.15, -0.1) is 0 Å². The van der Waals surface area contributed by atoms with Crippen LogP contribution in [0.25, 0.3) is 5.57 Å². The van der Waals surface area contributed by atoms with Crippen molar-refractivity contribution >= 4 is 11.7 Å². The van der Waals surface area contributed by atoms with Crippen molar-refractivity contribution in [2.75, 3.05) is 0 Å². The fourth-order valence-corrected chi connectivity index (χ4v) is 3.94. The van der Waals surface area contributed by atoms with Gasteiger partial charge in [-0.25, -0.2) is 18.0 Å². The second-order valence-electron chi connectivity index (χ2n) is 6.89. The molecule has 1 saturated heterocycles. The number of hydrogen-bond acceptors (Lipinski definition) is 2. The summed E-state index contributed by atoms with van der Waals surface area (Å²) in [5.41, 5.74) is 1.16. The van der Waals surface area contributed by atoms with Crippen molar-refractivity contribution in [2.24, 2.45) is 0 Å². The van der Waals surface area contributed by atoms with Crippen LogP contribution in [0.1, 0.15) is 30.4 Å². The van der Waals surface area contributed by atoms with Crippen molar-refractivity contribution in [2.45, 2.75) is 38.0 Å². The largest absolute Gasteiger partial charge is 0.445 e. The number of nitrogens with zero attached hydrogens (tertiary/aromatic N) is 1. The lowest BCUT2D eigenvalue weighted by atomic mass is 9.94. The van der Waals surface area contributed by atoms with Crippen LogP contribution in [0.2, 0.25) is 0 Å². The summed E-state index contributed by atoms with van der Waals surface area (Å²) < 4.78 is 46.8. The first-order chi connectivity index (χ1) is 13.0. The summed E-state index contributed by atoms with van der Waals surface area (Å²) in [4.78, 5) is 14.2. The third kappa shape index (κ3) is 3.44. The van der Waals surface area contributed by atoms with Crippen molar-refractivity contribution < 1.29 is 22.7 Å². The second kappa shape index (κ2) is 7.10. The maximum absolute atomic E-state index is 14.1. The highest BCUT2D eigenvalue weighted by atomic mass is 19.1. The van der Waals surface area contributed by atoms with Gasteiger partial charge in [0.15, 0.2) is 0 Å². The molecule has 1 amide bonds. The Labute approximate surface area is 155 Å². The van der Waals surface area contributed by atoms with Crippen molar-refractivity contribution in [3.63, 3.8) is 0 Å². The smallest absolute Gasteiger partial charge is 0.410 e. The molecule has 140 valence electrons. The van der Waals surface area contributed by atoms with Gasteiger partial charge >= 0.3 is 6.09 Å². The lowest BCUT2D eigenvalue weighted by Gasteiger charge is -2.33.